The zero-order chi connectivity index (χ0) is 12.4. The Morgan fingerprint density at radius 2 is 2.22 bits per heavy atom. The summed E-state index contributed by atoms with van der Waals surface area (Å²) in [6.07, 6.45) is 4.44. The van der Waals surface area contributed by atoms with E-state index in [-0.39, 0.29) is 6.04 Å². The van der Waals surface area contributed by atoms with Gasteiger partial charge in [0.2, 0.25) is 0 Å². The average molecular weight is 244 g/mol. The molecule has 0 radical (unpaired) electrons. The molecule has 1 unspecified atom stereocenters. The molecule has 1 aromatic rings. The van der Waals surface area contributed by atoms with Crippen LogP contribution in [-0.2, 0) is 11.2 Å². The number of carbonyl (C=O) groups is 1. The standard InChI is InChI=1S/C15H20N2O/c18-15(13-7-3-9-16-13)11-17-10-4-6-12-5-1-2-8-14(12)17/h1-2,5,8,13,16H,3-4,6-7,9-11H2. The van der Waals surface area contributed by atoms with E-state index in [9.17, 15) is 4.79 Å². The van der Waals surface area contributed by atoms with Crippen molar-refractivity contribution in [1.29, 1.82) is 0 Å². The van der Waals surface area contributed by atoms with E-state index in [0.717, 1.165) is 38.8 Å². The molecule has 2 heterocycles. The van der Waals surface area contributed by atoms with Crippen molar-refractivity contribution in [3.63, 3.8) is 0 Å². The van der Waals surface area contributed by atoms with E-state index >= 15 is 0 Å². The first kappa shape index (κ1) is 11.7. The summed E-state index contributed by atoms with van der Waals surface area (Å²) in [5.41, 5.74) is 2.64. The van der Waals surface area contributed by atoms with E-state index in [1.807, 2.05) is 0 Å². The Morgan fingerprint density at radius 3 is 3.06 bits per heavy atom. The number of carbonyl (C=O) groups excluding carboxylic acids is 1. The van der Waals surface area contributed by atoms with Crippen LogP contribution in [0, 0.1) is 0 Å². The summed E-state index contributed by atoms with van der Waals surface area (Å²) in [5.74, 6) is 0.351. The maximum atomic E-state index is 12.2. The van der Waals surface area contributed by atoms with E-state index in [4.69, 9.17) is 0 Å². The SMILES string of the molecule is O=C(CN1CCCc2ccccc21)C1CCCN1. The highest BCUT2D eigenvalue weighted by molar-refractivity contribution is 5.89. The molecule has 18 heavy (non-hydrogen) atoms. The minimum Gasteiger partial charge on any atom is -0.364 e. The Hall–Kier alpha value is -1.35. The number of Topliss-reactive ketones (excluding diaryl/α,β-unsaturated/α-hetero) is 1. The van der Waals surface area contributed by atoms with Gasteiger partial charge in [-0.1, -0.05) is 18.2 Å². The molecule has 1 N–H and O–H groups in total. The summed E-state index contributed by atoms with van der Waals surface area (Å²) in [4.78, 5) is 14.5. The highest BCUT2D eigenvalue weighted by Crippen LogP contribution is 2.26. The van der Waals surface area contributed by atoms with E-state index in [2.05, 4.69) is 34.5 Å². The average Bonchev–Trinajstić information content (AvgIpc) is 2.93. The van der Waals surface area contributed by atoms with Gasteiger partial charge in [0.15, 0.2) is 5.78 Å². The van der Waals surface area contributed by atoms with E-state index in [1.54, 1.807) is 0 Å². The van der Waals surface area contributed by atoms with E-state index < -0.39 is 0 Å². The number of nitrogens with zero attached hydrogens (tertiary/aromatic N) is 1. The summed E-state index contributed by atoms with van der Waals surface area (Å²) in [6.45, 7) is 2.57. The molecule has 0 aromatic heterocycles. The van der Waals surface area contributed by atoms with Crippen LogP contribution in [0.5, 0.6) is 0 Å². The van der Waals surface area contributed by atoms with Gasteiger partial charge < -0.3 is 10.2 Å². The number of hydrogen-bond acceptors (Lipinski definition) is 3. The Balaban J connectivity index is 1.72. The normalized spacial score (nSPS) is 22.9. The molecule has 2 aliphatic rings. The van der Waals surface area contributed by atoms with Gasteiger partial charge in [-0.3, -0.25) is 4.79 Å². The lowest BCUT2D eigenvalue weighted by Gasteiger charge is -2.31. The van der Waals surface area contributed by atoms with Gasteiger partial charge >= 0.3 is 0 Å². The predicted octanol–water partition coefficient (Wildman–Crippen LogP) is 1.76. The van der Waals surface area contributed by atoms with Crippen LogP contribution < -0.4 is 10.2 Å². The van der Waals surface area contributed by atoms with E-state index in [0.29, 0.717) is 12.3 Å². The van der Waals surface area contributed by atoms with Crippen molar-refractivity contribution >= 4 is 11.5 Å². The molecule has 2 aliphatic heterocycles. The molecule has 1 saturated heterocycles. The summed E-state index contributed by atoms with van der Waals surface area (Å²) in [7, 11) is 0. The van der Waals surface area contributed by atoms with Gasteiger partial charge in [0.25, 0.3) is 0 Å². The van der Waals surface area contributed by atoms with Gasteiger partial charge in [0.1, 0.15) is 0 Å². The van der Waals surface area contributed by atoms with E-state index in [1.165, 1.54) is 11.3 Å². The molecule has 0 amide bonds. The number of hydrogen-bond donors (Lipinski definition) is 1. The molecule has 1 aromatic carbocycles. The fourth-order valence-corrected chi connectivity index (χ4v) is 3.03. The first-order valence-corrected chi connectivity index (χ1v) is 6.93. The summed E-state index contributed by atoms with van der Waals surface area (Å²) in [6, 6.07) is 8.57. The third-order valence-electron chi connectivity index (χ3n) is 4.00. The zero-order valence-corrected chi connectivity index (χ0v) is 10.7. The molecule has 3 heteroatoms. The third kappa shape index (κ3) is 2.27. The van der Waals surface area contributed by atoms with Crippen LogP contribution in [0.4, 0.5) is 5.69 Å². The highest BCUT2D eigenvalue weighted by Gasteiger charge is 2.25. The van der Waals surface area contributed by atoms with Gasteiger partial charge in [0.05, 0.1) is 12.6 Å². The molecule has 0 aliphatic carbocycles. The van der Waals surface area contributed by atoms with Crippen LogP contribution in [0.3, 0.4) is 0 Å². The quantitative estimate of drug-likeness (QED) is 0.879. The largest absolute Gasteiger partial charge is 0.364 e. The molecule has 1 atom stereocenters. The van der Waals surface area contributed by atoms with Crippen LogP contribution in [0.25, 0.3) is 0 Å². The lowest BCUT2D eigenvalue weighted by Crippen LogP contribution is -2.41. The molecule has 3 nitrogen and oxygen atoms in total. The number of ketones is 1. The van der Waals surface area contributed by atoms with Crippen LogP contribution in [0.1, 0.15) is 24.8 Å². The van der Waals surface area contributed by atoms with Gasteiger partial charge in [-0.2, -0.15) is 0 Å². The Bertz CT molecular complexity index is 438. The lowest BCUT2D eigenvalue weighted by molar-refractivity contribution is -0.119. The second-order valence-electron chi connectivity index (χ2n) is 5.27. The predicted molar refractivity (Wildman–Crippen MR) is 73.0 cm³/mol. The van der Waals surface area contributed by atoms with Crippen molar-refractivity contribution in [1.82, 2.24) is 5.32 Å². The molecule has 96 valence electrons. The van der Waals surface area contributed by atoms with Crippen LogP contribution >= 0.6 is 0 Å². The minimum absolute atomic E-state index is 0.0964. The van der Waals surface area contributed by atoms with Crippen molar-refractivity contribution < 1.29 is 4.79 Å². The number of fused-ring (bicyclic) bond motifs is 1. The Labute approximate surface area is 108 Å². The topological polar surface area (TPSA) is 32.3 Å². The first-order valence-electron chi connectivity index (χ1n) is 6.93. The van der Waals surface area contributed by atoms with Crippen LogP contribution in [0.15, 0.2) is 24.3 Å². The smallest absolute Gasteiger partial charge is 0.168 e. The number of para-hydroxylation sites is 1. The van der Waals surface area contributed by atoms with Crippen molar-refractivity contribution in [2.24, 2.45) is 0 Å². The number of rotatable bonds is 3. The molecule has 0 saturated carbocycles. The first-order chi connectivity index (χ1) is 8.84. The van der Waals surface area contributed by atoms with Gasteiger partial charge in [-0.05, 0) is 43.9 Å². The Morgan fingerprint density at radius 1 is 1.33 bits per heavy atom. The third-order valence-corrected chi connectivity index (χ3v) is 4.00. The molecule has 3 rings (SSSR count). The van der Waals surface area contributed by atoms with Crippen molar-refractivity contribution in [3.05, 3.63) is 29.8 Å². The number of benzene rings is 1. The van der Waals surface area contributed by atoms with Crippen molar-refractivity contribution in [3.8, 4) is 0 Å². The maximum absolute atomic E-state index is 12.2. The maximum Gasteiger partial charge on any atom is 0.168 e. The molecule has 1 fully saturated rings. The van der Waals surface area contributed by atoms with Crippen molar-refractivity contribution in [2.45, 2.75) is 31.7 Å². The molecule has 0 spiro atoms. The number of nitrogens with one attached hydrogen (secondary N) is 1. The summed E-state index contributed by atoms with van der Waals surface area (Å²) < 4.78 is 0. The number of aryl methyl sites for hydroxylation is 1. The van der Waals surface area contributed by atoms with Gasteiger partial charge in [-0.25, -0.2) is 0 Å². The Kier molecular flexibility index (Phi) is 3.33. The fourth-order valence-electron chi connectivity index (χ4n) is 3.03. The molecular formula is C15H20N2O. The molecule has 0 bridgehead atoms. The van der Waals surface area contributed by atoms with Gasteiger partial charge in [0, 0.05) is 12.2 Å². The minimum atomic E-state index is 0.0964. The second-order valence-corrected chi connectivity index (χ2v) is 5.27. The highest BCUT2D eigenvalue weighted by atomic mass is 16.1. The zero-order valence-electron chi connectivity index (χ0n) is 10.7. The summed E-state index contributed by atoms with van der Waals surface area (Å²) >= 11 is 0. The monoisotopic (exact) mass is 244 g/mol. The van der Waals surface area contributed by atoms with Crippen molar-refractivity contribution in [2.75, 3.05) is 24.5 Å². The lowest BCUT2D eigenvalue weighted by atomic mass is 10.0. The van der Waals surface area contributed by atoms with Gasteiger partial charge in [-0.15, -0.1) is 0 Å². The van der Waals surface area contributed by atoms with Crippen LogP contribution in [0.2, 0.25) is 0 Å². The van der Waals surface area contributed by atoms with Crippen LogP contribution in [-0.4, -0.2) is 31.5 Å². The fraction of sp³-hybridized carbons (Fsp3) is 0.533. The number of anilines is 1. The molecular weight excluding hydrogens is 224 g/mol. The second kappa shape index (κ2) is 5.11. The summed E-state index contributed by atoms with van der Waals surface area (Å²) in [5, 5.41) is 3.29.